The summed E-state index contributed by atoms with van der Waals surface area (Å²) in [5.41, 5.74) is 9.42. The number of aryl methyl sites for hydroxylation is 1. The number of hydrogen-bond acceptors (Lipinski definition) is 3. The van der Waals surface area contributed by atoms with Crippen molar-refractivity contribution >= 4 is 5.69 Å². The van der Waals surface area contributed by atoms with Gasteiger partial charge in [-0.1, -0.05) is 12.1 Å². The molecule has 1 saturated heterocycles. The molecule has 1 aliphatic rings. The Kier molecular flexibility index (Phi) is 4.25. The van der Waals surface area contributed by atoms with Gasteiger partial charge in [-0.2, -0.15) is 5.10 Å². The molecular weight excluding hydrogens is 260 g/mol. The second-order valence-electron chi connectivity index (χ2n) is 5.92. The number of rotatable bonds is 4. The highest BCUT2D eigenvalue weighted by atomic mass is 15.3. The molecule has 0 bridgehead atoms. The van der Waals surface area contributed by atoms with Gasteiger partial charge in [0.25, 0.3) is 0 Å². The van der Waals surface area contributed by atoms with Crippen LogP contribution in [0.4, 0.5) is 5.69 Å². The molecule has 0 saturated carbocycles. The lowest BCUT2D eigenvalue weighted by Crippen LogP contribution is -2.32. The van der Waals surface area contributed by atoms with Crippen LogP contribution in [0.25, 0.3) is 0 Å². The average Bonchev–Trinajstić information content (AvgIpc) is 2.97. The first-order valence-electron chi connectivity index (χ1n) is 7.83. The lowest BCUT2D eigenvalue weighted by molar-refractivity contribution is 0.204. The van der Waals surface area contributed by atoms with Gasteiger partial charge < -0.3 is 5.73 Å². The number of benzene rings is 1. The Labute approximate surface area is 126 Å². The van der Waals surface area contributed by atoms with Crippen LogP contribution in [0, 0.1) is 0 Å². The molecule has 1 aliphatic heterocycles. The standard InChI is InChI=1S/C17H24N4/c1-2-21-13-16(11-19-21)15-6-8-20(9-7-15)12-14-4-3-5-17(18)10-14/h3-5,10-11,13,15H,2,6-9,12,18H2,1H3. The summed E-state index contributed by atoms with van der Waals surface area (Å²) in [6, 6.07) is 8.22. The van der Waals surface area contributed by atoms with Gasteiger partial charge >= 0.3 is 0 Å². The summed E-state index contributed by atoms with van der Waals surface area (Å²) in [5, 5.41) is 4.40. The number of piperidine rings is 1. The molecule has 0 amide bonds. The van der Waals surface area contributed by atoms with Gasteiger partial charge in [0.15, 0.2) is 0 Å². The van der Waals surface area contributed by atoms with E-state index in [4.69, 9.17) is 5.73 Å². The van der Waals surface area contributed by atoms with Crippen LogP contribution >= 0.6 is 0 Å². The van der Waals surface area contributed by atoms with Crippen molar-refractivity contribution in [3.8, 4) is 0 Å². The highest BCUT2D eigenvalue weighted by molar-refractivity contribution is 5.40. The van der Waals surface area contributed by atoms with Crippen LogP contribution < -0.4 is 5.73 Å². The molecule has 1 aromatic heterocycles. The van der Waals surface area contributed by atoms with Gasteiger partial charge in [0, 0.05) is 25.0 Å². The maximum atomic E-state index is 5.85. The predicted octanol–water partition coefficient (Wildman–Crippen LogP) is 2.86. The van der Waals surface area contributed by atoms with Crippen LogP contribution in [0.1, 0.15) is 36.8 Å². The Balaban J connectivity index is 1.55. The smallest absolute Gasteiger partial charge is 0.0524 e. The maximum absolute atomic E-state index is 5.85. The van der Waals surface area contributed by atoms with E-state index in [1.54, 1.807) is 0 Å². The van der Waals surface area contributed by atoms with E-state index in [0.29, 0.717) is 5.92 Å². The van der Waals surface area contributed by atoms with E-state index in [9.17, 15) is 0 Å². The van der Waals surface area contributed by atoms with Crippen molar-refractivity contribution in [1.82, 2.24) is 14.7 Å². The van der Waals surface area contributed by atoms with Gasteiger partial charge in [0.1, 0.15) is 0 Å². The lowest BCUT2D eigenvalue weighted by Gasteiger charge is -2.31. The quantitative estimate of drug-likeness (QED) is 0.878. The first kappa shape index (κ1) is 14.1. The van der Waals surface area contributed by atoms with Gasteiger partial charge in [-0.25, -0.2) is 0 Å². The number of hydrogen-bond donors (Lipinski definition) is 1. The minimum Gasteiger partial charge on any atom is -0.399 e. The molecule has 1 aromatic carbocycles. The molecular formula is C17H24N4. The van der Waals surface area contributed by atoms with E-state index >= 15 is 0 Å². The predicted molar refractivity (Wildman–Crippen MR) is 86.0 cm³/mol. The third-order valence-corrected chi connectivity index (χ3v) is 4.39. The van der Waals surface area contributed by atoms with Gasteiger partial charge in [0.05, 0.1) is 6.20 Å². The maximum Gasteiger partial charge on any atom is 0.0524 e. The molecule has 0 unspecified atom stereocenters. The number of nitrogens with two attached hydrogens (primary N) is 1. The Bertz CT molecular complexity index is 582. The number of nitrogens with zero attached hydrogens (tertiary/aromatic N) is 3. The van der Waals surface area contributed by atoms with Crippen LogP contribution in [-0.2, 0) is 13.1 Å². The molecule has 4 heteroatoms. The summed E-state index contributed by atoms with van der Waals surface area (Å²) in [4.78, 5) is 2.52. The summed E-state index contributed by atoms with van der Waals surface area (Å²) < 4.78 is 2.02. The molecule has 3 rings (SSSR count). The second kappa shape index (κ2) is 6.31. The molecule has 21 heavy (non-hydrogen) atoms. The van der Waals surface area contributed by atoms with E-state index in [-0.39, 0.29) is 0 Å². The van der Waals surface area contributed by atoms with E-state index < -0.39 is 0 Å². The zero-order chi connectivity index (χ0) is 14.7. The van der Waals surface area contributed by atoms with Crippen LogP contribution in [0.2, 0.25) is 0 Å². The van der Waals surface area contributed by atoms with E-state index in [1.165, 1.54) is 24.0 Å². The number of anilines is 1. The summed E-state index contributed by atoms with van der Waals surface area (Å²) in [6.07, 6.45) is 6.69. The number of aromatic nitrogens is 2. The molecule has 2 aromatic rings. The van der Waals surface area contributed by atoms with Gasteiger partial charge in [0.2, 0.25) is 0 Å². The molecule has 112 valence electrons. The largest absolute Gasteiger partial charge is 0.399 e. The summed E-state index contributed by atoms with van der Waals surface area (Å²) in [5.74, 6) is 0.669. The highest BCUT2D eigenvalue weighted by Crippen LogP contribution is 2.28. The van der Waals surface area contributed by atoms with Crippen molar-refractivity contribution < 1.29 is 0 Å². The molecule has 4 nitrogen and oxygen atoms in total. The number of likely N-dealkylation sites (tertiary alicyclic amines) is 1. The Morgan fingerprint density at radius 1 is 1.29 bits per heavy atom. The van der Waals surface area contributed by atoms with Crippen LogP contribution in [0.5, 0.6) is 0 Å². The fourth-order valence-electron chi connectivity index (χ4n) is 3.14. The van der Waals surface area contributed by atoms with Crippen LogP contribution in [-0.4, -0.2) is 27.8 Å². The van der Waals surface area contributed by atoms with Gasteiger partial charge in [-0.15, -0.1) is 0 Å². The summed E-state index contributed by atoms with van der Waals surface area (Å²) >= 11 is 0. The highest BCUT2D eigenvalue weighted by Gasteiger charge is 2.21. The Morgan fingerprint density at radius 2 is 2.10 bits per heavy atom. The Morgan fingerprint density at radius 3 is 2.76 bits per heavy atom. The summed E-state index contributed by atoms with van der Waals surface area (Å²) in [6.45, 7) is 6.39. The van der Waals surface area contributed by atoms with Crippen molar-refractivity contribution in [1.29, 1.82) is 0 Å². The van der Waals surface area contributed by atoms with Gasteiger partial charge in [-0.3, -0.25) is 9.58 Å². The minimum absolute atomic E-state index is 0.669. The summed E-state index contributed by atoms with van der Waals surface area (Å²) in [7, 11) is 0. The van der Waals surface area contributed by atoms with Crippen LogP contribution in [0.15, 0.2) is 36.7 Å². The molecule has 0 radical (unpaired) electrons. The van der Waals surface area contributed by atoms with Crippen molar-refractivity contribution in [3.63, 3.8) is 0 Å². The molecule has 0 atom stereocenters. The SMILES string of the molecule is CCn1cc(C2CCN(Cc3cccc(N)c3)CC2)cn1. The zero-order valence-corrected chi connectivity index (χ0v) is 12.7. The van der Waals surface area contributed by atoms with Crippen molar-refractivity contribution in [3.05, 3.63) is 47.8 Å². The third kappa shape index (κ3) is 3.45. The minimum atomic E-state index is 0.669. The lowest BCUT2D eigenvalue weighted by atomic mass is 9.91. The molecule has 2 N–H and O–H groups in total. The van der Waals surface area contributed by atoms with Crippen molar-refractivity contribution in [2.24, 2.45) is 0 Å². The monoisotopic (exact) mass is 284 g/mol. The fourth-order valence-corrected chi connectivity index (χ4v) is 3.14. The first-order valence-corrected chi connectivity index (χ1v) is 7.83. The van der Waals surface area contributed by atoms with E-state index in [0.717, 1.165) is 31.9 Å². The van der Waals surface area contributed by atoms with Crippen molar-refractivity contribution in [2.75, 3.05) is 18.8 Å². The first-order chi connectivity index (χ1) is 10.2. The van der Waals surface area contributed by atoms with Gasteiger partial charge in [-0.05, 0) is 62.0 Å². The fraction of sp³-hybridized carbons (Fsp3) is 0.471. The van der Waals surface area contributed by atoms with E-state index in [1.807, 2.05) is 23.0 Å². The molecule has 0 spiro atoms. The van der Waals surface area contributed by atoms with Crippen molar-refractivity contribution in [2.45, 2.75) is 38.8 Å². The average molecular weight is 284 g/mol. The molecule has 0 aliphatic carbocycles. The van der Waals surface area contributed by atoms with E-state index in [2.05, 4.69) is 35.3 Å². The van der Waals surface area contributed by atoms with Crippen LogP contribution in [0.3, 0.4) is 0 Å². The second-order valence-corrected chi connectivity index (χ2v) is 5.92. The topological polar surface area (TPSA) is 47.1 Å². The number of nitrogen functional groups attached to an aromatic ring is 1. The third-order valence-electron chi connectivity index (χ3n) is 4.39. The normalized spacial score (nSPS) is 17.2. The molecule has 2 heterocycles. The zero-order valence-electron chi connectivity index (χ0n) is 12.7. The Hall–Kier alpha value is -1.81. The molecule has 1 fully saturated rings.